The lowest BCUT2D eigenvalue weighted by molar-refractivity contribution is 0.668. The summed E-state index contributed by atoms with van der Waals surface area (Å²) in [5, 5.41) is 6.96. The number of anilines is 3. The van der Waals surface area contributed by atoms with Gasteiger partial charge in [-0.25, -0.2) is 0 Å². The molecule has 0 radical (unpaired) electrons. The van der Waals surface area contributed by atoms with Gasteiger partial charge in [0.1, 0.15) is 22.3 Å². The summed E-state index contributed by atoms with van der Waals surface area (Å²) in [5.41, 5.74) is 16.0. The molecule has 0 aliphatic heterocycles. The van der Waals surface area contributed by atoms with E-state index in [2.05, 4.69) is 205 Å². The van der Waals surface area contributed by atoms with Crippen LogP contribution in [0, 0.1) is 0 Å². The summed E-state index contributed by atoms with van der Waals surface area (Å²) in [4.78, 5) is 2.33. The second kappa shape index (κ2) is 14.3. The topological polar surface area (TPSA) is 29.5 Å². The van der Waals surface area contributed by atoms with Gasteiger partial charge in [0.2, 0.25) is 0 Å². The molecule has 2 heterocycles. The molecule has 2 aromatic heterocycles. The number of hydrogen-bond acceptors (Lipinski definition) is 3. The number of benzene rings is 10. The van der Waals surface area contributed by atoms with E-state index in [4.69, 9.17) is 8.83 Å². The van der Waals surface area contributed by atoms with Crippen LogP contribution in [0.2, 0.25) is 0 Å². The first kappa shape index (κ1) is 34.9. The number of furan rings is 2. The summed E-state index contributed by atoms with van der Waals surface area (Å²) >= 11 is 0. The van der Waals surface area contributed by atoms with Crippen LogP contribution >= 0.6 is 0 Å². The van der Waals surface area contributed by atoms with E-state index in [1.165, 1.54) is 27.5 Å². The van der Waals surface area contributed by atoms with Crippen molar-refractivity contribution in [3.05, 3.63) is 224 Å². The average molecular weight is 780 g/mol. The van der Waals surface area contributed by atoms with Crippen LogP contribution in [0.25, 0.3) is 99.2 Å². The maximum Gasteiger partial charge on any atom is 0.137 e. The summed E-state index contributed by atoms with van der Waals surface area (Å²) in [7, 11) is 0. The van der Waals surface area contributed by atoms with E-state index in [9.17, 15) is 0 Å². The Morgan fingerprint density at radius 2 is 0.754 bits per heavy atom. The van der Waals surface area contributed by atoms with Crippen LogP contribution in [0.3, 0.4) is 0 Å². The van der Waals surface area contributed by atoms with Crippen LogP contribution in [0.1, 0.15) is 0 Å². The van der Waals surface area contributed by atoms with Crippen molar-refractivity contribution in [3.8, 4) is 44.5 Å². The number of rotatable bonds is 7. The van der Waals surface area contributed by atoms with E-state index in [0.717, 1.165) is 88.8 Å². The predicted octanol–water partition coefficient (Wildman–Crippen LogP) is 16.8. The quantitative estimate of drug-likeness (QED) is 0.161. The van der Waals surface area contributed by atoms with E-state index in [1.54, 1.807) is 0 Å². The largest absolute Gasteiger partial charge is 0.456 e. The number of fused-ring (bicyclic) bond motifs is 7. The molecule has 286 valence electrons. The Kier molecular flexibility index (Phi) is 8.17. The van der Waals surface area contributed by atoms with Crippen molar-refractivity contribution in [3.63, 3.8) is 0 Å². The van der Waals surface area contributed by atoms with E-state index in [1.807, 2.05) is 24.3 Å². The molecule has 0 aliphatic carbocycles. The minimum absolute atomic E-state index is 0.857. The van der Waals surface area contributed by atoms with Gasteiger partial charge in [-0.1, -0.05) is 146 Å². The lowest BCUT2D eigenvalue weighted by atomic mass is 9.95. The maximum atomic E-state index is 6.43. The molecule has 0 spiro atoms. The smallest absolute Gasteiger partial charge is 0.137 e. The second-order valence-electron chi connectivity index (χ2n) is 15.7. The number of hydrogen-bond donors (Lipinski definition) is 0. The van der Waals surface area contributed by atoms with Crippen molar-refractivity contribution < 1.29 is 8.83 Å². The van der Waals surface area contributed by atoms with Crippen molar-refractivity contribution in [1.29, 1.82) is 0 Å². The Hall–Kier alpha value is -8.14. The SMILES string of the molecule is c1ccc(-c2cccc3ccc(-c4ccc(N(c5cccc(-c6cccc(-c7ccc8c(c7)oc7ccccc78)c6)c5)c5ccc6c(c5)oc5ccccc56)cc4)cc23)cc1. The van der Waals surface area contributed by atoms with E-state index < -0.39 is 0 Å². The molecule has 12 aromatic rings. The zero-order valence-electron chi connectivity index (χ0n) is 33.1. The third kappa shape index (κ3) is 6.14. The Morgan fingerprint density at radius 1 is 0.246 bits per heavy atom. The van der Waals surface area contributed by atoms with Gasteiger partial charge in [-0.2, -0.15) is 0 Å². The Labute approximate surface area is 353 Å². The molecule has 3 nitrogen and oxygen atoms in total. The lowest BCUT2D eigenvalue weighted by Crippen LogP contribution is -2.10. The fourth-order valence-corrected chi connectivity index (χ4v) is 9.03. The molecule has 0 bridgehead atoms. The van der Waals surface area contributed by atoms with Gasteiger partial charge < -0.3 is 13.7 Å². The minimum atomic E-state index is 0.857. The molecule has 3 heteroatoms. The monoisotopic (exact) mass is 779 g/mol. The van der Waals surface area contributed by atoms with Crippen molar-refractivity contribution >= 4 is 71.7 Å². The highest BCUT2D eigenvalue weighted by molar-refractivity contribution is 6.07. The molecule has 61 heavy (non-hydrogen) atoms. The normalized spacial score (nSPS) is 11.6. The molecule has 0 saturated heterocycles. The van der Waals surface area contributed by atoms with Gasteiger partial charge in [0.25, 0.3) is 0 Å². The van der Waals surface area contributed by atoms with Crippen molar-refractivity contribution in [2.75, 3.05) is 4.90 Å². The highest BCUT2D eigenvalue weighted by Gasteiger charge is 2.17. The van der Waals surface area contributed by atoms with Crippen molar-refractivity contribution in [2.24, 2.45) is 0 Å². The Balaban J connectivity index is 0.942. The second-order valence-corrected chi connectivity index (χ2v) is 15.7. The molecule has 10 aromatic carbocycles. The minimum Gasteiger partial charge on any atom is -0.456 e. The summed E-state index contributed by atoms with van der Waals surface area (Å²) in [6, 6.07) is 80.0. The maximum absolute atomic E-state index is 6.43. The van der Waals surface area contributed by atoms with Gasteiger partial charge in [-0.15, -0.1) is 0 Å². The van der Waals surface area contributed by atoms with Crippen LogP contribution in [-0.4, -0.2) is 0 Å². The molecular formula is C58H37NO2. The molecular weight excluding hydrogens is 743 g/mol. The summed E-state index contributed by atoms with van der Waals surface area (Å²) in [6.45, 7) is 0. The predicted molar refractivity (Wildman–Crippen MR) is 255 cm³/mol. The molecule has 0 saturated carbocycles. The molecule has 0 amide bonds. The van der Waals surface area contributed by atoms with Gasteiger partial charge in [0.05, 0.1) is 0 Å². The first-order valence-electron chi connectivity index (χ1n) is 20.7. The number of nitrogens with zero attached hydrogens (tertiary/aromatic N) is 1. The Morgan fingerprint density at radius 3 is 1.51 bits per heavy atom. The molecule has 0 fully saturated rings. The van der Waals surface area contributed by atoms with E-state index >= 15 is 0 Å². The van der Waals surface area contributed by atoms with Crippen LogP contribution in [0.15, 0.2) is 233 Å². The lowest BCUT2D eigenvalue weighted by Gasteiger charge is -2.26. The molecule has 0 N–H and O–H groups in total. The van der Waals surface area contributed by atoms with Gasteiger partial charge in [-0.05, 0) is 128 Å². The third-order valence-electron chi connectivity index (χ3n) is 12.1. The number of para-hydroxylation sites is 2. The molecule has 0 aliphatic rings. The fourth-order valence-electron chi connectivity index (χ4n) is 9.03. The molecule has 0 unspecified atom stereocenters. The van der Waals surface area contributed by atoms with E-state index in [0.29, 0.717) is 0 Å². The van der Waals surface area contributed by atoms with Crippen molar-refractivity contribution in [2.45, 2.75) is 0 Å². The highest BCUT2D eigenvalue weighted by Crippen LogP contribution is 2.42. The van der Waals surface area contributed by atoms with Crippen LogP contribution < -0.4 is 4.90 Å². The Bertz CT molecular complexity index is 3600. The highest BCUT2D eigenvalue weighted by atomic mass is 16.3. The third-order valence-corrected chi connectivity index (χ3v) is 12.1. The molecule has 0 atom stereocenters. The zero-order valence-corrected chi connectivity index (χ0v) is 33.1. The summed E-state index contributed by atoms with van der Waals surface area (Å²) < 4.78 is 12.7. The standard InChI is InChI=1S/C58H37NO2/c1-2-11-39(12-3-1)49-20-10-13-40-23-24-44(35-54(40)49)38-25-28-46(29-26-38)59(48-30-32-53-51-19-5-7-22-56(51)61-58(53)37-48)47-17-9-16-43(34-47)41-14-8-15-42(33-41)45-27-31-52-50-18-4-6-21-55(50)60-57(52)36-45/h1-37H. The van der Waals surface area contributed by atoms with Gasteiger partial charge in [0, 0.05) is 44.7 Å². The van der Waals surface area contributed by atoms with Crippen LogP contribution in [-0.2, 0) is 0 Å². The summed E-state index contributed by atoms with van der Waals surface area (Å²) in [5.74, 6) is 0. The van der Waals surface area contributed by atoms with Crippen LogP contribution in [0.4, 0.5) is 17.1 Å². The zero-order chi connectivity index (χ0) is 40.3. The molecule has 12 rings (SSSR count). The summed E-state index contributed by atoms with van der Waals surface area (Å²) in [6.07, 6.45) is 0. The van der Waals surface area contributed by atoms with Gasteiger partial charge in [0.15, 0.2) is 0 Å². The van der Waals surface area contributed by atoms with Gasteiger partial charge in [-0.3, -0.25) is 0 Å². The fraction of sp³-hybridized carbons (Fsp3) is 0. The van der Waals surface area contributed by atoms with E-state index in [-0.39, 0.29) is 0 Å². The first-order valence-corrected chi connectivity index (χ1v) is 20.7. The average Bonchev–Trinajstić information content (AvgIpc) is 3.90. The first-order chi connectivity index (χ1) is 30.2. The van der Waals surface area contributed by atoms with Crippen LogP contribution in [0.5, 0.6) is 0 Å². The van der Waals surface area contributed by atoms with Gasteiger partial charge >= 0.3 is 0 Å². The van der Waals surface area contributed by atoms with Crippen molar-refractivity contribution in [1.82, 2.24) is 0 Å².